The zero-order valence-corrected chi connectivity index (χ0v) is 12.7. The molecule has 0 saturated carbocycles. The highest BCUT2D eigenvalue weighted by Crippen LogP contribution is 2.33. The third kappa shape index (κ3) is 5.45. The molecule has 1 unspecified atom stereocenters. The second-order valence-corrected chi connectivity index (χ2v) is 4.94. The number of esters is 1. The van der Waals surface area contributed by atoms with E-state index in [-0.39, 0.29) is 24.9 Å². The molecule has 0 aliphatic carbocycles. The fourth-order valence-electron chi connectivity index (χ4n) is 2.29. The van der Waals surface area contributed by atoms with Crippen LogP contribution in [0.1, 0.15) is 50.2 Å². The summed E-state index contributed by atoms with van der Waals surface area (Å²) in [5.41, 5.74) is 1.70. The molecule has 5 nitrogen and oxygen atoms in total. The Bertz CT molecular complexity index is 495. The molecule has 1 rings (SSSR count). The highest BCUT2D eigenvalue weighted by atomic mass is 16.5. The van der Waals surface area contributed by atoms with Crippen LogP contribution in [0.5, 0.6) is 5.75 Å². The van der Waals surface area contributed by atoms with Gasteiger partial charge in [-0.15, -0.1) is 0 Å². The Morgan fingerprint density at radius 1 is 1.33 bits per heavy atom. The van der Waals surface area contributed by atoms with Crippen molar-refractivity contribution in [3.8, 4) is 5.75 Å². The van der Waals surface area contributed by atoms with E-state index in [0.29, 0.717) is 5.75 Å². The van der Waals surface area contributed by atoms with E-state index in [2.05, 4.69) is 0 Å². The van der Waals surface area contributed by atoms with E-state index in [1.165, 1.54) is 6.92 Å². The number of ether oxygens (including phenoxy) is 2. The maximum absolute atomic E-state index is 11.0. The number of carboxylic acids is 1. The minimum absolute atomic E-state index is 0.0769. The third-order valence-corrected chi connectivity index (χ3v) is 3.24. The highest BCUT2D eigenvalue weighted by Gasteiger charge is 2.19. The van der Waals surface area contributed by atoms with Gasteiger partial charge in [-0.2, -0.15) is 0 Å². The molecule has 0 fully saturated rings. The molecule has 1 aromatic rings. The molecule has 0 aliphatic rings. The molecule has 21 heavy (non-hydrogen) atoms. The molecule has 0 aliphatic heterocycles. The smallest absolute Gasteiger partial charge is 0.303 e. The van der Waals surface area contributed by atoms with Crippen molar-refractivity contribution < 1.29 is 24.2 Å². The number of methoxy groups -OCH3 is 1. The van der Waals surface area contributed by atoms with Crippen molar-refractivity contribution >= 4 is 11.9 Å². The summed E-state index contributed by atoms with van der Waals surface area (Å²) in [7, 11) is 1.55. The van der Waals surface area contributed by atoms with Crippen LogP contribution >= 0.6 is 0 Å². The summed E-state index contributed by atoms with van der Waals surface area (Å²) >= 11 is 0. The van der Waals surface area contributed by atoms with Gasteiger partial charge in [0, 0.05) is 6.92 Å². The van der Waals surface area contributed by atoms with Crippen LogP contribution < -0.4 is 4.74 Å². The van der Waals surface area contributed by atoms with Crippen molar-refractivity contribution in [2.45, 2.75) is 45.6 Å². The van der Waals surface area contributed by atoms with Crippen LogP contribution in [0.3, 0.4) is 0 Å². The van der Waals surface area contributed by atoms with Gasteiger partial charge in [0.25, 0.3) is 0 Å². The third-order valence-electron chi connectivity index (χ3n) is 3.24. The average Bonchev–Trinajstić information content (AvgIpc) is 2.43. The Labute approximate surface area is 124 Å². The minimum atomic E-state index is -0.820. The van der Waals surface area contributed by atoms with Crippen LogP contribution in [0.15, 0.2) is 18.2 Å². The van der Waals surface area contributed by atoms with Crippen molar-refractivity contribution in [2.24, 2.45) is 0 Å². The van der Waals surface area contributed by atoms with E-state index in [1.807, 2.05) is 19.1 Å². The van der Waals surface area contributed by atoms with E-state index in [9.17, 15) is 9.59 Å². The zero-order valence-electron chi connectivity index (χ0n) is 12.7. The fraction of sp³-hybridized carbons (Fsp3) is 0.500. The molecule has 0 saturated heterocycles. The largest absolute Gasteiger partial charge is 0.496 e. The summed E-state index contributed by atoms with van der Waals surface area (Å²) in [5, 5.41) is 9.04. The normalized spacial score (nSPS) is 11.8. The van der Waals surface area contributed by atoms with Gasteiger partial charge in [-0.1, -0.05) is 25.5 Å². The Kier molecular flexibility index (Phi) is 6.72. The Balaban J connectivity index is 2.99. The number of aliphatic carboxylic acids is 1. The monoisotopic (exact) mass is 294 g/mol. The van der Waals surface area contributed by atoms with Crippen molar-refractivity contribution in [3.63, 3.8) is 0 Å². The average molecular weight is 294 g/mol. The molecule has 1 atom stereocenters. The molecule has 0 radical (unpaired) electrons. The first-order valence-electron chi connectivity index (χ1n) is 6.99. The van der Waals surface area contributed by atoms with Gasteiger partial charge >= 0.3 is 11.9 Å². The van der Waals surface area contributed by atoms with Crippen molar-refractivity contribution in [1.82, 2.24) is 0 Å². The molecule has 0 amide bonds. The van der Waals surface area contributed by atoms with Gasteiger partial charge in [-0.05, 0) is 29.5 Å². The number of benzene rings is 1. The SMILES string of the molecule is CCCC(CC(=O)O)c1ccc(COC(C)=O)cc1OC. The van der Waals surface area contributed by atoms with Crippen molar-refractivity contribution in [1.29, 1.82) is 0 Å². The molecular weight excluding hydrogens is 272 g/mol. The minimum Gasteiger partial charge on any atom is -0.496 e. The lowest BCUT2D eigenvalue weighted by Crippen LogP contribution is -2.08. The van der Waals surface area contributed by atoms with Crippen molar-refractivity contribution in [2.75, 3.05) is 7.11 Å². The summed E-state index contributed by atoms with van der Waals surface area (Å²) in [4.78, 5) is 21.8. The summed E-state index contributed by atoms with van der Waals surface area (Å²) < 4.78 is 10.3. The number of rotatable bonds is 8. The first-order chi connectivity index (χ1) is 9.97. The van der Waals surface area contributed by atoms with E-state index in [1.54, 1.807) is 13.2 Å². The van der Waals surface area contributed by atoms with Crippen LogP contribution in [0, 0.1) is 0 Å². The summed E-state index contributed by atoms with van der Waals surface area (Å²) in [5.74, 6) is -0.600. The zero-order chi connectivity index (χ0) is 15.8. The maximum atomic E-state index is 11.0. The highest BCUT2D eigenvalue weighted by molar-refractivity contribution is 5.68. The second-order valence-electron chi connectivity index (χ2n) is 4.94. The lowest BCUT2D eigenvalue weighted by molar-refractivity contribution is -0.142. The molecule has 0 heterocycles. The fourth-order valence-corrected chi connectivity index (χ4v) is 2.29. The molecular formula is C16H22O5. The molecule has 0 bridgehead atoms. The van der Waals surface area contributed by atoms with Crippen LogP contribution in [0.2, 0.25) is 0 Å². The molecule has 5 heteroatoms. The van der Waals surface area contributed by atoms with Gasteiger partial charge in [0.05, 0.1) is 13.5 Å². The van der Waals surface area contributed by atoms with E-state index < -0.39 is 5.97 Å². The van der Waals surface area contributed by atoms with Gasteiger partial charge in [0.2, 0.25) is 0 Å². The lowest BCUT2D eigenvalue weighted by Gasteiger charge is -2.18. The Morgan fingerprint density at radius 3 is 2.57 bits per heavy atom. The predicted molar refractivity (Wildman–Crippen MR) is 78.4 cm³/mol. The standard InChI is InChI=1S/C16H22O5/c1-4-5-13(9-16(18)19)14-7-6-12(8-15(14)20-3)10-21-11(2)17/h6-8,13H,4-5,9-10H2,1-3H3,(H,18,19). The van der Waals surface area contributed by atoms with Crippen LogP contribution in [0.25, 0.3) is 0 Å². The Hall–Kier alpha value is -2.04. The van der Waals surface area contributed by atoms with Crippen LogP contribution in [-0.4, -0.2) is 24.2 Å². The molecule has 1 N–H and O–H groups in total. The molecule has 0 aromatic heterocycles. The first-order valence-corrected chi connectivity index (χ1v) is 6.99. The quantitative estimate of drug-likeness (QED) is 0.746. The second kappa shape index (κ2) is 8.29. The van der Waals surface area contributed by atoms with Gasteiger partial charge in [-0.3, -0.25) is 9.59 Å². The van der Waals surface area contributed by atoms with E-state index >= 15 is 0 Å². The summed E-state index contributed by atoms with van der Waals surface area (Å²) in [6.07, 6.45) is 1.76. The van der Waals surface area contributed by atoms with Crippen molar-refractivity contribution in [3.05, 3.63) is 29.3 Å². The van der Waals surface area contributed by atoms with Gasteiger partial charge in [0.1, 0.15) is 12.4 Å². The van der Waals surface area contributed by atoms with E-state index in [4.69, 9.17) is 14.6 Å². The number of carbonyl (C=O) groups is 2. The molecule has 116 valence electrons. The first kappa shape index (κ1) is 17.0. The maximum Gasteiger partial charge on any atom is 0.303 e. The number of hydrogen-bond acceptors (Lipinski definition) is 4. The number of carboxylic acid groups (broad SMARTS) is 1. The number of carbonyl (C=O) groups excluding carboxylic acids is 1. The van der Waals surface area contributed by atoms with Gasteiger partial charge < -0.3 is 14.6 Å². The predicted octanol–water partition coefficient (Wildman–Crippen LogP) is 3.12. The molecule has 1 aromatic carbocycles. The lowest BCUT2D eigenvalue weighted by atomic mass is 9.90. The number of hydrogen-bond donors (Lipinski definition) is 1. The van der Waals surface area contributed by atoms with Crippen LogP contribution in [-0.2, 0) is 20.9 Å². The van der Waals surface area contributed by atoms with Gasteiger partial charge in [0.15, 0.2) is 0 Å². The van der Waals surface area contributed by atoms with E-state index in [0.717, 1.165) is 24.0 Å². The topological polar surface area (TPSA) is 72.8 Å². The van der Waals surface area contributed by atoms with Crippen LogP contribution in [0.4, 0.5) is 0 Å². The summed E-state index contributed by atoms with van der Waals surface area (Å²) in [6, 6.07) is 5.50. The van der Waals surface area contributed by atoms with Gasteiger partial charge in [-0.25, -0.2) is 0 Å². The summed E-state index contributed by atoms with van der Waals surface area (Å²) in [6.45, 7) is 3.56. The Morgan fingerprint density at radius 2 is 2.05 bits per heavy atom. The molecule has 0 spiro atoms.